The van der Waals surface area contributed by atoms with E-state index >= 15 is 0 Å². The molecule has 2 aromatic rings. The second-order valence-corrected chi connectivity index (χ2v) is 8.41. The highest BCUT2D eigenvalue weighted by Crippen LogP contribution is 2.41. The molecule has 1 saturated carbocycles. The zero-order valence-electron chi connectivity index (χ0n) is 17.1. The molecule has 0 spiro atoms. The standard InChI is InChI=1S/C25H30N2O2/c1-2-20-10-6-7-11-23(20)26-24(28)21-17-22(21)25(29)27-14-12-19(13-15-27)16-18-8-4-3-5-9-18/h3-11,19,21-22H,2,12-17H2,1H3,(H,26,28). The third kappa shape index (κ3) is 4.69. The van der Waals surface area contributed by atoms with E-state index in [2.05, 4.69) is 36.5 Å². The molecule has 4 heteroatoms. The molecule has 2 amide bonds. The second-order valence-electron chi connectivity index (χ2n) is 8.41. The van der Waals surface area contributed by atoms with Gasteiger partial charge in [-0.1, -0.05) is 55.5 Å². The number of para-hydroxylation sites is 1. The molecule has 2 unspecified atom stereocenters. The van der Waals surface area contributed by atoms with Crippen LogP contribution in [0.1, 0.15) is 37.3 Å². The summed E-state index contributed by atoms with van der Waals surface area (Å²) in [5, 5.41) is 3.04. The van der Waals surface area contributed by atoms with E-state index in [1.165, 1.54) is 5.56 Å². The second kappa shape index (κ2) is 8.81. The number of nitrogens with zero attached hydrogens (tertiary/aromatic N) is 1. The number of hydrogen-bond donors (Lipinski definition) is 1. The number of rotatable bonds is 6. The van der Waals surface area contributed by atoms with Gasteiger partial charge in [-0.2, -0.15) is 0 Å². The number of amides is 2. The maximum atomic E-state index is 12.9. The lowest BCUT2D eigenvalue weighted by atomic mass is 9.90. The molecule has 1 aliphatic heterocycles. The highest BCUT2D eigenvalue weighted by molar-refractivity contribution is 5.99. The first-order valence-electron chi connectivity index (χ1n) is 10.9. The Balaban J connectivity index is 1.25. The molecule has 2 atom stereocenters. The Morgan fingerprint density at radius 3 is 2.38 bits per heavy atom. The summed E-state index contributed by atoms with van der Waals surface area (Å²) in [5.41, 5.74) is 3.38. The van der Waals surface area contributed by atoms with Crippen molar-refractivity contribution in [1.29, 1.82) is 0 Å². The quantitative estimate of drug-likeness (QED) is 0.799. The van der Waals surface area contributed by atoms with Crippen molar-refractivity contribution in [2.45, 2.75) is 39.0 Å². The predicted molar refractivity (Wildman–Crippen MR) is 115 cm³/mol. The molecule has 1 heterocycles. The fourth-order valence-electron chi connectivity index (χ4n) is 4.47. The Morgan fingerprint density at radius 1 is 0.966 bits per heavy atom. The van der Waals surface area contributed by atoms with Crippen LogP contribution in [-0.4, -0.2) is 29.8 Å². The number of aryl methyl sites for hydroxylation is 1. The summed E-state index contributed by atoms with van der Waals surface area (Å²) in [6.45, 7) is 3.72. The average molecular weight is 391 g/mol. The molecule has 1 saturated heterocycles. The Hall–Kier alpha value is -2.62. The van der Waals surface area contributed by atoms with Crippen molar-refractivity contribution in [3.63, 3.8) is 0 Å². The number of carbonyl (C=O) groups is 2. The number of hydrogen-bond acceptors (Lipinski definition) is 2. The molecule has 0 aromatic heterocycles. The first kappa shape index (κ1) is 19.7. The maximum absolute atomic E-state index is 12.9. The molecule has 2 fully saturated rings. The predicted octanol–water partition coefficient (Wildman–Crippen LogP) is 4.30. The van der Waals surface area contributed by atoms with Crippen LogP contribution in [0.5, 0.6) is 0 Å². The molecule has 29 heavy (non-hydrogen) atoms. The lowest BCUT2D eigenvalue weighted by Crippen LogP contribution is -2.40. The van der Waals surface area contributed by atoms with Gasteiger partial charge in [0.05, 0.1) is 11.8 Å². The number of piperidine rings is 1. The molecule has 2 aliphatic rings. The van der Waals surface area contributed by atoms with Gasteiger partial charge >= 0.3 is 0 Å². The fraction of sp³-hybridized carbons (Fsp3) is 0.440. The smallest absolute Gasteiger partial charge is 0.228 e. The first-order chi connectivity index (χ1) is 14.2. The average Bonchev–Trinajstić information content (AvgIpc) is 3.56. The summed E-state index contributed by atoms with van der Waals surface area (Å²) in [5.74, 6) is 0.504. The maximum Gasteiger partial charge on any atom is 0.228 e. The number of nitrogens with one attached hydrogen (secondary N) is 1. The Bertz CT molecular complexity index is 856. The van der Waals surface area contributed by atoms with Gasteiger partial charge in [0, 0.05) is 18.8 Å². The molecule has 1 aliphatic carbocycles. The van der Waals surface area contributed by atoms with Gasteiger partial charge in [-0.25, -0.2) is 0 Å². The van der Waals surface area contributed by atoms with Gasteiger partial charge in [-0.05, 0) is 55.2 Å². The van der Waals surface area contributed by atoms with Crippen LogP contribution in [0.2, 0.25) is 0 Å². The third-order valence-electron chi connectivity index (χ3n) is 6.39. The summed E-state index contributed by atoms with van der Waals surface area (Å²) in [7, 11) is 0. The summed E-state index contributed by atoms with van der Waals surface area (Å²) in [6, 6.07) is 18.5. The van der Waals surface area contributed by atoms with Crippen molar-refractivity contribution < 1.29 is 9.59 Å². The van der Waals surface area contributed by atoms with Crippen molar-refractivity contribution in [3.8, 4) is 0 Å². The van der Waals surface area contributed by atoms with Crippen molar-refractivity contribution in [1.82, 2.24) is 4.90 Å². The molecule has 0 bridgehead atoms. The topological polar surface area (TPSA) is 49.4 Å². The minimum absolute atomic E-state index is 0.0109. The number of anilines is 1. The summed E-state index contributed by atoms with van der Waals surface area (Å²) < 4.78 is 0. The number of likely N-dealkylation sites (tertiary alicyclic amines) is 1. The van der Waals surface area contributed by atoms with Crippen LogP contribution in [0.15, 0.2) is 54.6 Å². The monoisotopic (exact) mass is 390 g/mol. The van der Waals surface area contributed by atoms with E-state index in [1.54, 1.807) is 0 Å². The highest BCUT2D eigenvalue weighted by atomic mass is 16.2. The minimum Gasteiger partial charge on any atom is -0.342 e. The Kier molecular flexibility index (Phi) is 5.98. The summed E-state index contributed by atoms with van der Waals surface area (Å²) in [6.07, 6.45) is 4.75. The van der Waals surface area contributed by atoms with Gasteiger partial charge in [0.15, 0.2) is 0 Å². The minimum atomic E-state index is -0.172. The van der Waals surface area contributed by atoms with Crippen LogP contribution in [0, 0.1) is 17.8 Å². The van der Waals surface area contributed by atoms with Crippen LogP contribution in [-0.2, 0) is 22.4 Å². The van der Waals surface area contributed by atoms with E-state index in [1.807, 2.05) is 35.2 Å². The zero-order valence-corrected chi connectivity index (χ0v) is 17.1. The summed E-state index contributed by atoms with van der Waals surface area (Å²) in [4.78, 5) is 27.5. The molecule has 0 radical (unpaired) electrons. The molecule has 4 rings (SSSR count). The van der Waals surface area contributed by atoms with E-state index in [0.717, 1.165) is 50.0 Å². The van der Waals surface area contributed by atoms with E-state index in [-0.39, 0.29) is 23.7 Å². The lowest BCUT2D eigenvalue weighted by Gasteiger charge is -2.32. The Labute approximate surface area is 173 Å². The van der Waals surface area contributed by atoms with Gasteiger partial charge in [0.1, 0.15) is 0 Å². The molecule has 4 nitrogen and oxygen atoms in total. The number of benzene rings is 2. The van der Waals surface area contributed by atoms with Crippen molar-refractivity contribution in [3.05, 3.63) is 65.7 Å². The SMILES string of the molecule is CCc1ccccc1NC(=O)C1CC1C(=O)N1CCC(Cc2ccccc2)CC1. The highest BCUT2D eigenvalue weighted by Gasteiger charge is 2.49. The largest absolute Gasteiger partial charge is 0.342 e. The normalized spacial score (nSPS) is 21.6. The van der Waals surface area contributed by atoms with Crippen molar-refractivity contribution >= 4 is 17.5 Å². The first-order valence-corrected chi connectivity index (χ1v) is 10.9. The zero-order chi connectivity index (χ0) is 20.2. The van der Waals surface area contributed by atoms with Crippen LogP contribution in [0.4, 0.5) is 5.69 Å². The summed E-state index contributed by atoms with van der Waals surface area (Å²) >= 11 is 0. The van der Waals surface area contributed by atoms with Gasteiger partial charge in [-0.3, -0.25) is 9.59 Å². The fourth-order valence-corrected chi connectivity index (χ4v) is 4.47. The number of carbonyl (C=O) groups excluding carboxylic acids is 2. The Morgan fingerprint density at radius 2 is 1.66 bits per heavy atom. The van der Waals surface area contributed by atoms with E-state index in [4.69, 9.17) is 0 Å². The van der Waals surface area contributed by atoms with Gasteiger partial charge in [-0.15, -0.1) is 0 Å². The molecule has 152 valence electrons. The van der Waals surface area contributed by atoms with Crippen LogP contribution in [0.3, 0.4) is 0 Å². The van der Waals surface area contributed by atoms with Crippen LogP contribution in [0.25, 0.3) is 0 Å². The van der Waals surface area contributed by atoms with Crippen LogP contribution >= 0.6 is 0 Å². The van der Waals surface area contributed by atoms with Gasteiger partial charge < -0.3 is 10.2 Å². The molecule has 1 N–H and O–H groups in total. The van der Waals surface area contributed by atoms with Crippen LogP contribution < -0.4 is 5.32 Å². The molecule has 2 aromatic carbocycles. The van der Waals surface area contributed by atoms with Gasteiger partial charge in [0.2, 0.25) is 11.8 Å². The van der Waals surface area contributed by atoms with E-state index in [0.29, 0.717) is 12.3 Å². The lowest BCUT2D eigenvalue weighted by molar-refractivity contribution is -0.135. The van der Waals surface area contributed by atoms with E-state index < -0.39 is 0 Å². The molecular formula is C25H30N2O2. The van der Waals surface area contributed by atoms with Crippen molar-refractivity contribution in [2.75, 3.05) is 18.4 Å². The third-order valence-corrected chi connectivity index (χ3v) is 6.39. The molecular weight excluding hydrogens is 360 g/mol. The van der Waals surface area contributed by atoms with Gasteiger partial charge in [0.25, 0.3) is 0 Å². The van der Waals surface area contributed by atoms with E-state index in [9.17, 15) is 9.59 Å². The van der Waals surface area contributed by atoms with Crippen molar-refractivity contribution in [2.24, 2.45) is 17.8 Å².